The average Bonchev–Trinajstić information content (AvgIpc) is 2.77. The molecule has 0 amide bonds. The van der Waals surface area contributed by atoms with Crippen molar-refractivity contribution in [1.82, 2.24) is 14.5 Å². The third kappa shape index (κ3) is 1.94. The van der Waals surface area contributed by atoms with Crippen LogP contribution in [0.5, 0.6) is 0 Å². The van der Waals surface area contributed by atoms with Crippen molar-refractivity contribution < 1.29 is 4.39 Å². The Labute approximate surface area is 123 Å². The molecule has 0 radical (unpaired) electrons. The summed E-state index contributed by atoms with van der Waals surface area (Å²) < 4.78 is 16.0. The smallest absolute Gasteiger partial charge is 0.201 e. The van der Waals surface area contributed by atoms with Gasteiger partial charge in [-0.1, -0.05) is 12.5 Å². The second-order valence-corrected chi connectivity index (χ2v) is 6.48. The average molecular weight is 288 g/mol. The molecule has 2 bridgehead atoms. The molecule has 1 aromatic carbocycles. The third-order valence-electron chi connectivity index (χ3n) is 5.38. The molecule has 4 rings (SSSR count). The summed E-state index contributed by atoms with van der Waals surface area (Å²) >= 11 is 0. The van der Waals surface area contributed by atoms with Gasteiger partial charge in [0, 0.05) is 18.1 Å². The minimum absolute atomic E-state index is 0.286. The van der Waals surface area contributed by atoms with Crippen LogP contribution in [0.2, 0.25) is 0 Å². The van der Waals surface area contributed by atoms with E-state index in [1.807, 2.05) is 6.07 Å². The molecular formula is C16H21FN4. The molecule has 2 saturated heterocycles. The maximum absolute atomic E-state index is 13.9. The normalized spacial score (nSPS) is 29.9. The van der Waals surface area contributed by atoms with Gasteiger partial charge in [0.2, 0.25) is 5.95 Å². The quantitative estimate of drug-likeness (QED) is 0.877. The van der Waals surface area contributed by atoms with E-state index in [4.69, 9.17) is 5.73 Å². The van der Waals surface area contributed by atoms with Crippen molar-refractivity contribution in [1.29, 1.82) is 0 Å². The highest BCUT2D eigenvalue weighted by atomic mass is 19.1. The number of hydrogen-bond donors (Lipinski definition) is 1. The summed E-state index contributed by atoms with van der Waals surface area (Å²) in [5.74, 6) is 0.161. The van der Waals surface area contributed by atoms with Crippen LogP contribution in [0.25, 0.3) is 11.0 Å². The molecule has 2 N–H and O–H groups in total. The van der Waals surface area contributed by atoms with Crippen molar-refractivity contribution in [3.05, 3.63) is 24.0 Å². The van der Waals surface area contributed by atoms with Gasteiger partial charge in [-0.25, -0.2) is 9.37 Å². The number of aromatic nitrogens is 2. The first-order chi connectivity index (χ1) is 10.1. The molecule has 0 saturated carbocycles. The maximum atomic E-state index is 13.9. The van der Waals surface area contributed by atoms with E-state index in [9.17, 15) is 4.39 Å². The van der Waals surface area contributed by atoms with E-state index in [0.717, 1.165) is 18.4 Å². The Bertz CT molecular complexity index is 666. The first-order valence-corrected chi connectivity index (χ1v) is 7.79. The van der Waals surface area contributed by atoms with Gasteiger partial charge in [-0.05, 0) is 44.9 Å². The number of nitrogens with two attached hydrogens (primary N) is 1. The van der Waals surface area contributed by atoms with E-state index in [1.165, 1.54) is 25.3 Å². The van der Waals surface area contributed by atoms with Gasteiger partial charge in [-0.2, -0.15) is 0 Å². The Morgan fingerprint density at radius 3 is 2.62 bits per heavy atom. The Morgan fingerprint density at radius 2 is 1.90 bits per heavy atom. The van der Waals surface area contributed by atoms with E-state index in [1.54, 1.807) is 6.07 Å². The molecule has 0 aliphatic carbocycles. The zero-order valence-corrected chi connectivity index (χ0v) is 12.3. The van der Waals surface area contributed by atoms with E-state index in [2.05, 4.69) is 21.5 Å². The number of fused-ring (bicyclic) bond motifs is 3. The number of rotatable bonds is 1. The summed E-state index contributed by atoms with van der Waals surface area (Å²) in [4.78, 5) is 6.78. The minimum atomic E-state index is -0.286. The van der Waals surface area contributed by atoms with Crippen LogP contribution < -0.4 is 5.73 Å². The Kier molecular flexibility index (Phi) is 2.92. The van der Waals surface area contributed by atoms with Gasteiger partial charge >= 0.3 is 0 Å². The predicted molar refractivity (Wildman–Crippen MR) is 81.6 cm³/mol. The van der Waals surface area contributed by atoms with Crippen molar-refractivity contribution in [3.8, 4) is 0 Å². The number of benzene rings is 1. The lowest BCUT2D eigenvalue weighted by molar-refractivity contribution is 0.0415. The molecule has 2 aliphatic rings. The monoisotopic (exact) mass is 288 g/mol. The molecule has 2 atom stereocenters. The van der Waals surface area contributed by atoms with Crippen LogP contribution in [0.4, 0.5) is 10.3 Å². The van der Waals surface area contributed by atoms with E-state index in [-0.39, 0.29) is 5.82 Å². The summed E-state index contributed by atoms with van der Waals surface area (Å²) in [7, 11) is 2.24. The lowest BCUT2D eigenvalue weighted by Gasteiger charge is -2.47. The summed E-state index contributed by atoms with van der Waals surface area (Å²) in [6, 6.07) is 6.69. The Morgan fingerprint density at radius 1 is 1.19 bits per heavy atom. The predicted octanol–water partition coefficient (Wildman–Crippen LogP) is 2.95. The Hall–Kier alpha value is -1.62. The Balaban J connectivity index is 1.77. The van der Waals surface area contributed by atoms with Gasteiger partial charge in [0.1, 0.15) is 5.52 Å². The summed E-state index contributed by atoms with van der Waals surface area (Å²) in [5.41, 5.74) is 7.35. The molecule has 21 heavy (non-hydrogen) atoms. The fraction of sp³-hybridized carbons (Fsp3) is 0.562. The fourth-order valence-electron chi connectivity index (χ4n) is 4.28. The zero-order valence-electron chi connectivity index (χ0n) is 12.3. The lowest BCUT2D eigenvalue weighted by atomic mass is 9.82. The molecule has 4 nitrogen and oxygen atoms in total. The molecule has 2 aliphatic heterocycles. The molecule has 112 valence electrons. The van der Waals surface area contributed by atoms with Crippen molar-refractivity contribution in [3.63, 3.8) is 0 Å². The number of nitrogens with zero attached hydrogens (tertiary/aromatic N) is 3. The largest absolute Gasteiger partial charge is 0.369 e. The third-order valence-corrected chi connectivity index (χ3v) is 5.38. The number of hydrogen-bond acceptors (Lipinski definition) is 3. The summed E-state index contributed by atoms with van der Waals surface area (Å²) in [6.45, 7) is 0. The van der Waals surface area contributed by atoms with E-state index in [0.29, 0.717) is 29.6 Å². The number of para-hydroxylation sites is 1. The lowest BCUT2D eigenvalue weighted by Crippen LogP contribution is -2.50. The molecule has 2 unspecified atom stereocenters. The minimum Gasteiger partial charge on any atom is -0.369 e. The number of piperidine rings is 2. The molecule has 3 heterocycles. The van der Waals surface area contributed by atoms with Crippen molar-refractivity contribution in [2.45, 2.75) is 50.2 Å². The number of anilines is 1. The van der Waals surface area contributed by atoms with Gasteiger partial charge in [-0.3, -0.25) is 0 Å². The van der Waals surface area contributed by atoms with Crippen molar-refractivity contribution >= 4 is 17.0 Å². The van der Waals surface area contributed by atoms with Crippen LogP contribution in [0.1, 0.15) is 38.1 Å². The summed E-state index contributed by atoms with van der Waals surface area (Å²) in [5, 5.41) is 0. The summed E-state index contributed by atoms with van der Waals surface area (Å²) in [6.07, 6.45) is 5.99. The van der Waals surface area contributed by atoms with Gasteiger partial charge in [0.05, 0.1) is 5.52 Å². The van der Waals surface area contributed by atoms with E-state index < -0.39 is 0 Å². The SMILES string of the molecule is CN1C2CCCC1CC(n1c(N)nc3c(F)cccc31)C2. The zero-order chi connectivity index (χ0) is 14.6. The second kappa shape index (κ2) is 4.70. The first-order valence-electron chi connectivity index (χ1n) is 7.79. The number of halogens is 1. The molecule has 2 fully saturated rings. The van der Waals surface area contributed by atoms with Gasteiger partial charge in [-0.15, -0.1) is 0 Å². The van der Waals surface area contributed by atoms with E-state index >= 15 is 0 Å². The number of imidazole rings is 1. The molecule has 2 aromatic rings. The van der Waals surface area contributed by atoms with Crippen LogP contribution in [-0.2, 0) is 0 Å². The highest BCUT2D eigenvalue weighted by molar-refractivity contribution is 5.79. The van der Waals surface area contributed by atoms with Gasteiger partial charge in [0.25, 0.3) is 0 Å². The molecule has 0 spiro atoms. The number of nitrogen functional groups attached to an aromatic ring is 1. The van der Waals surface area contributed by atoms with Crippen LogP contribution in [0.3, 0.4) is 0 Å². The molecule has 1 aromatic heterocycles. The van der Waals surface area contributed by atoms with Crippen LogP contribution >= 0.6 is 0 Å². The van der Waals surface area contributed by atoms with Gasteiger partial charge < -0.3 is 15.2 Å². The van der Waals surface area contributed by atoms with Crippen LogP contribution in [0.15, 0.2) is 18.2 Å². The molecule has 5 heteroatoms. The van der Waals surface area contributed by atoms with Crippen LogP contribution in [-0.4, -0.2) is 33.6 Å². The standard InChI is InChI=1S/C16H21FN4/c1-20-10-4-2-5-11(20)9-12(8-10)21-14-7-3-6-13(17)15(14)19-16(21)18/h3,6-7,10-12H,2,4-5,8-9H2,1H3,(H2,18,19). The first kappa shape index (κ1) is 13.1. The second-order valence-electron chi connectivity index (χ2n) is 6.48. The highest BCUT2D eigenvalue weighted by Crippen LogP contribution is 2.40. The topological polar surface area (TPSA) is 47.1 Å². The fourth-order valence-corrected chi connectivity index (χ4v) is 4.28. The van der Waals surface area contributed by atoms with Gasteiger partial charge in [0.15, 0.2) is 5.82 Å². The van der Waals surface area contributed by atoms with Crippen molar-refractivity contribution in [2.24, 2.45) is 0 Å². The van der Waals surface area contributed by atoms with Crippen LogP contribution in [0, 0.1) is 5.82 Å². The highest BCUT2D eigenvalue weighted by Gasteiger charge is 2.37. The maximum Gasteiger partial charge on any atom is 0.201 e. The molecular weight excluding hydrogens is 267 g/mol. The van der Waals surface area contributed by atoms with Crippen molar-refractivity contribution in [2.75, 3.05) is 12.8 Å².